The van der Waals surface area contributed by atoms with Gasteiger partial charge in [0.25, 0.3) is 5.56 Å². The lowest BCUT2D eigenvalue weighted by Gasteiger charge is -2.24. The zero-order valence-electron chi connectivity index (χ0n) is 17.7. The lowest BCUT2D eigenvalue weighted by Crippen LogP contribution is -2.39. The van der Waals surface area contributed by atoms with Crippen LogP contribution in [0.5, 0.6) is 11.5 Å². The summed E-state index contributed by atoms with van der Waals surface area (Å²) in [6.45, 7) is 5.67. The van der Waals surface area contributed by atoms with Gasteiger partial charge in [-0.25, -0.2) is 9.79 Å². The first-order chi connectivity index (χ1) is 15.5. The summed E-state index contributed by atoms with van der Waals surface area (Å²) >= 11 is 1.25. The Morgan fingerprint density at radius 1 is 1.25 bits per heavy atom. The number of hydrogen-bond acceptors (Lipinski definition) is 8. The summed E-state index contributed by atoms with van der Waals surface area (Å²) in [6, 6.07) is 8.32. The average molecular weight is 452 g/mol. The van der Waals surface area contributed by atoms with Crippen molar-refractivity contribution in [2.45, 2.75) is 26.8 Å². The van der Waals surface area contributed by atoms with Crippen LogP contribution in [0.3, 0.4) is 0 Å². The number of aromatic nitrogens is 1. The Bertz CT molecular complexity index is 1440. The van der Waals surface area contributed by atoms with Gasteiger partial charge >= 0.3 is 5.97 Å². The fraction of sp³-hybridized carbons (Fsp3) is 0.261. The van der Waals surface area contributed by atoms with E-state index in [4.69, 9.17) is 18.6 Å². The highest BCUT2D eigenvalue weighted by Crippen LogP contribution is 2.38. The van der Waals surface area contributed by atoms with Gasteiger partial charge in [-0.2, -0.15) is 0 Å². The average Bonchev–Trinajstić information content (AvgIpc) is 3.46. The molecule has 9 heteroatoms. The summed E-state index contributed by atoms with van der Waals surface area (Å²) in [6.07, 6.45) is 1.69. The van der Waals surface area contributed by atoms with Crippen molar-refractivity contribution in [3.05, 3.63) is 78.4 Å². The van der Waals surface area contributed by atoms with E-state index in [2.05, 4.69) is 4.99 Å². The number of ether oxygens (including phenoxy) is 3. The molecular weight excluding hydrogens is 432 g/mol. The molecule has 2 aliphatic heterocycles. The van der Waals surface area contributed by atoms with Crippen LogP contribution in [0.15, 0.2) is 55.8 Å². The maximum atomic E-state index is 13.5. The number of carbonyl (C=O) groups is 1. The highest BCUT2D eigenvalue weighted by Gasteiger charge is 2.34. The molecule has 0 fully saturated rings. The van der Waals surface area contributed by atoms with E-state index in [1.165, 1.54) is 15.9 Å². The summed E-state index contributed by atoms with van der Waals surface area (Å²) in [5, 5.41) is 0. The number of furan rings is 1. The first kappa shape index (κ1) is 20.3. The molecular formula is C23H20N2O6S. The van der Waals surface area contributed by atoms with Crippen LogP contribution in [0.4, 0.5) is 0 Å². The highest BCUT2D eigenvalue weighted by molar-refractivity contribution is 7.07. The number of benzene rings is 1. The molecule has 32 heavy (non-hydrogen) atoms. The lowest BCUT2D eigenvalue weighted by atomic mass is 9.95. The van der Waals surface area contributed by atoms with E-state index in [1.807, 2.05) is 19.1 Å². The molecule has 8 nitrogen and oxygen atoms in total. The van der Waals surface area contributed by atoms with E-state index in [1.54, 1.807) is 38.1 Å². The number of allylic oxidation sites excluding steroid dienone is 1. The van der Waals surface area contributed by atoms with Crippen LogP contribution >= 0.6 is 11.3 Å². The molecule has 0 unspecified atom stereocenters. The number of esters is 1. The number of carbonyl (C=O) groups excluding carboxylic acids is 1. The van der Waals surface area contributed by atoms with Gasteiger partial charge in [0.2, 0.25) is 6.79 Å². The Balaban J connectivity index is 1.73. The van der Waals surface area contributed by atoms with Crippen LogP contribution in [0.25, 0.3) is 6.08 Å². The lowest BCUT2D eigenvalue weighted by molar-refractivity contribution is -0.139. The minimum atomic E-state index is -0.708. The maximum Gasteiger partial charge on any atom is 0.338 e. The van der Waals surface area contributed by atoms with Gasteiger partial charge in [0.05, 0.1) is 28.5 Å². The minimum Gasteiger partial charge on any atom is -0.463 e. The van der Waals surface area contributed by atoms with E-state index in [0.717, 1.165) is 5.76 Å². The van der Waals surface area contributed by atoms with E-state index < -0.39 is 12.0 Å². The van der Waals surface area contributed by atoms with Gasteiger partial charge in [0.15, 0.2) is 16.3 Å². The van der Waals surface area contributed by atoms with Crippen molar-refractivity contribution in [3.8, 4) is 11.5 Å². The molecule has 0 amide bonds. The van der Waals surface area contributed by atoms with Gasteiger partial charge in [0.1, 0.15) is 11.5 Å². The van der Waals surface area contributed by atoms with Crippen LogP contribution < -0.4 is 24.4 Å². The standard InChI is InChI=1S/C23H20N2O6S/c1-4-28-22(27)19-13(3)24-23-25(20(19)14-6-8-16-17(9-14)30-11-29-16)21(26)18(32-23)10-15-7-5-12(2)31-15/h5-10,20H,4,11H2,1-3H3/b18-10-/t20-/m0/s1. The van der Waals surface area contributed by atoms with Crippen molar-refractivity contribution < 1.29 is 23.4 Å². The maximum absolute atomic E-state index is 13.5. The third kappa shape index (κ3) is 3.34. The monoisotopic (exact) mass is 452 g/mol. The molecule has 164 valence electrons. The molecule has 0 saturated carbocycles. The second-order valence-corrected chi connectivity index (χ2v) is 8.37. The molecule has 0 N–H and O–H groups in total. The molecule has 5 rings (SSSR count). The fourth-order valence-corrected chi connectivity index (χ4v) is 4.88. The Hall–Kier alpha value is -3.59. The largest absolute Gasteiger partial charge is 0.463 e. The van der Waals surface area contributed by atoms with Crippen molar-refractivity contribution in [1.82, 2.24) is 4.57 Å². The Morgan fingerprint density at radius 3 is 2.81 bits per heavy atom. The Morgan fingerprint density at radius 2 is 2.06 bits per heavy atom. The van der Waals surface area contributed by atoms with Gasteiger partial charge < -0.3 is 18.6 Å². The molecule has 0 spiro atoms. The fourth-order valence-electron chi connectivity index (χ4n) is 3.85. The van der Waals surface area contributed by atoms with Crippen molar-refractivity contribution in [1.29, 1.82) is 0 Å². The Kier molecular flexibility index (Phi) is 4.97. The van der Waals surface area contributed by atoms with Gasteiger partial charge in [-0.1, -0.05) is 17.4 Å². The number of fused-ring (bicyclic) bond motifs is 2. The summed E-state index contributed by atoms with van der Waals surface area (Å²) in [4.78, 5) is 31.5. The smallest absolute Gasteiger partial charge is 0.338 e. The summed E-state index contributed by atoms with van der Waals surface area (Å²) in [5.74, 6) is 2.00. The number of rotatable bonds is 4. The highest BCUT2D eigenvalue weighted by atomic mass is 32.1. The topological polar surface area (TPSA) is 92.3 Å². The number of aryl methyl sites for hydroxylation is 1. The quantitative estimate of drug-likeness (QED) is 0.565. The van der Waals surface area contributed by atoms with E-state index in [-0.39, 0.29) is 19.0 Å². The van der Waals surface area contributed by atoms with Crippen molar-refractivity contribution >= 4 is 23.4 Å². The minimum absolute atomic E-state index is 0.129. The molecule has 2 aromatic heterocycles. The van der Waals surface area contributed by atoms with Crippen LogP contribution in [0, 0.1) is 6.92 Å². The summed E-state index contributed by atoms with van der Waals surface area (Å²) in [5.41, 5.74) is 1.26. The molecule has 1 atom stereocenters. The molecule has 1 aromatic carbocycles. The van der Waals surface area contributed by atoms with Gasteiger partial charge in [0, 0.05) is 6.08 Å². The SMILES string of the molecule is CCOC(=O)C1=C(C)N=c2s/c(=C\c3ccc(C)o3)c(=O)n2[C@H]1c1ccc2c(c1)OCO2. The predicted octanol–water partition coefficient (Wildman–Crippen LogP) is 2.43. The van der Waals surface area contributed by atoms with Crippen LogP contribution in [0.2, 0.25) is 0 Å². The van der Waals surface area contributed by atoms with E-state index in [0.29, 0.717) is 43.4 Å². The third-order valence-electron chi connectivity index (χ3n) is 5.26. The summed E-state index contributed by atoms with van der Waals surface area (Å²) < 4.78 is 23.8. The molecule has 3 aromatic rings. The zero-order chi connectivity index (χ0) is 22.4. The number of hydrogen-bond donors (Lipinski definition) is 0. The van der Waals surface area contributed by atoms with E-state index >= 15 is 0 Å². The van der Waals surface area contributed by atoms with Gasteiger partial charge in [-0.15, -0.1) is 0 Å². The third-order valence-corrected chi connectivity index (χ3v) is 6.25. The van der Waals surface area contributed by atoms with Gasteiger partial charge in [-0.3, -0.25) is 9.36 Å². The molecule has 2 aliphatic rings. The first-order valence-corrected chi connectivity index (χ1v) is 10.9. The molecule has 0 aliphatic carbocycles. The normalized spacial score (nSPS) is 17.3. The molecule has 0 radical (unpaired) electrons. The van der Waals surface area contributed by atoms with Crippen molar-refractivity contribution in [2.75, 3.05) is 13.4 Å². The molecule has 0 saturated heterocycles. The van der Waals surface area contributed by atoms with Crippen molar-refractivity contribution in [3.63, 3.8) is 0 Å². The second-order valence-electron chi connectivity index (χ2n) is 7.36. The Labute approximate surface area is 186 Å². The molecule has 0 bridgehead atoms. The zero-order valence-corrected chi connectivity index (χ0v) is 18.5. The van der Waals surface area contributed by atoms with Gasteiger partial charge in [-0.05, 0) is 50.6 Å². The van der Waals surface area contributed by atoms with Crippen LogP contribution in [-0.4, -0.2) is 23.9 Å². The van der Waals surface area contributed by atoms with Crippen molar-refractivity contribution in [2.24, 2.45) is 4.99 Å². The van der Waals surface area contributed by atoms with E-state index in [9.17, 15) is 9.59 Å². The molecule has 4 heterocycles. The van der Waals surface area contributed by atoms with Crippen LogP contribution in [0.1, 0.15) is 37.0 Å². The predicted molar refractivity (Wildman–Crippen MR) is 116 cm³/mol. The summed E-state index contributed by atoms with van der Waals surface area (Å²) in [7, 11) is 0. The first-order valence-electron chi connectivity index (χ1n) is 10.1. The number of nitrogens with zero attached hydrogens (tertiary/aromatic N) is 2. The number of thiazole rings is 1. The second kappa shape index (κ2) is 7.83. The van der Waals surface area contributed by atoms with Crippen LogP contribution in [-0.2, 0) is 9.53 Å².